The molecule has 0 spiro atoms. The first kappa shape index (κ1) is 10.1. The van der Waals surface area contributed by atoms with Crippen molar-refractivity contribution in [3.05, 3.63) is 0 Å². The van der Waals surface area contributed by atoms with Gasteiger partial charge in [0.2, 0.25) is 12.2 Å². The van der Waals surface area contributed by atoms with E-state index in [9.17, 15) is 9.59 Å². The molecule has 11 heavy (non-hydrogen) atoms. The summed E-state index contributed by atoms with van der Waals surface area (Å²) in [5, 5.41) is 2.62. The molecular formula is C8H14NO2. The van der Waals surface area contributed by atoms with Crippen molar-refractivity contribution in [2.24, 2.45) is 5.41 Å². The summed E-state index contributed by atoms with van der Waals surface area (Å²) in [6.07, 6.45) is 2.56. The average molecular weight is 156 g/mol. The van der Waals surface area contributed by atoms with Crippen LogP contribution in [-0.4, -0.2) is 18.7 Å². The Labute approximate surface area is 67.2 Å². The van der Waals surface area contributed by atoms with Crippen LogP contribution in [-0.2, 0) is 9.59 Å². The van der Waals surface area contributed by atoms with Crippen LogP contribution in [0.5, 0.6) is 0 Å². The fraction of sp³-hybridized carbons (Fsp3) is 0.750. The first-order valence-corrected chi connectivity index (χ1v) is 3.72. The zero-order chi connectivity index (χ0) is 8.91. The predicted octanol–water partition coefficient (Wildman–Crippen LogP) is 0.648. The molecule has 0 saturated carbocycles. The molecule has 0 rings (SSSR count). The summed E-state index contributed by atoms with van der Waals surface area (Å²) in [5.41, 5.74) is -1.00. The quantitative estimate of drug-likeness (QED) is 0.607. The van der Waals surface area contributed by atoms with Crippen LogP contribution in [0.4, 0.5) is 0 Å². The first-order valence-electron chi connectivity index (χ1n) is 3.72. The lowest BCUT2D eigenvalue weighted by atomic mass is 9.95. The summed E-state index contributed by atoms with van der Waals surface area (Å²) < 4.78 is 0. The maximum absolute atomic E-state index is 11.1. The summed E-state index contributed by atoms with van der Waals surface area (Å²) in [7, 11) is 0. The second-order valence-electron chi connectivity index (χ2n) is 2.98. The van der Waals surface area contributed by atoms with Gasteiger partial charge in [0.1, 0.15) is 5.41 Å². The molecule has 0 aromatic carbocycles. The van der Waals surface area contributed by atoms with E-state index in [1.54, 1.807) is 20.1 Å². The molecule has 0 saturated heterocycles. The van der Waals surface area contributed by atoms with Crippen LogP contribution in [0.15, 0.2) is 0 Å². The van der Waals surface area contributed by atoms with E-state index in [0.717, 1.165) is 6.42 Å². The van der Waals surface area contributed by atoms with Gasteiger partial charge in [-0.05, 0) is 20.3 Å². The van der Waals surface area contributed by atoms with E-state index >= 15 is 0 Å². The molecule has 0 aromatic heterocycles. The van der Waals surface area contributed by atoms with Gasteiger partial charge < -0.3 is 5.32 Å². The summed E-state index contributed by atoms with van der Waals surface area (Å²) >= 11 is 0. The Hall–Kier alpha value is -0.860. The van der Waals surface area contributed by atoms with Gasteiger partial charge in [-0.25, -0.2) is 0 Å². The maximum atomic E-state index is 11.1. The largest absolute Gasteiger partial charge is 0.355 e. The third kappa shape index (κ3) is 3.16. The van der Waals surface area contributed by atoms with Gasteiger partial charge in [0.15, 0.2) is 0 Å². The highest BCUT2D eigenvalue weighted by molar-refractivity contribution is 5.95. The monoisotopic (exact) mass is 156 g/mol. The van der Waals surface area contributed by atoms with Crippen molar-refractivity contribution in [1.29, 1.82) is 0 Å². The molecule has 0 aromatic rings. The van der Waals surface area contributed by atoms with Crippen molar-refractivity contribution in [2.75, 3.05) is 6.54 Å². The van der Waals surface area contributed by atoms with E-state index in [-0.39, 0.29) is 5.91 Å². The predicted molar refractivity (Wildman–Crippen MR) is 42.8 cm³/mol. The molecule has 0 fully saturated rings. The normalized spacial score (nSPS) is 10.8. The molecule has 0 aliphatic heterocycles. The number of carbonyl (C=O) groups is 1. The number of amides is 1. The standard InChI is InChI=1S/C8H14NO2/c1-4-5-9-7(11)8(2,3)6-10/h4-5H2,1-3H3,(H,9,11). The van der Waals surface area contributed by atoms with Gasteiger partial charge in [-0.2, -0.15) is 0 Å². The van der Waals surface area contributed by atoms with Crippen LogP contribution in [0.2, 0.25) is 0 Å². The number of rotatable bonds is 4. The van der Waals surface area contributed by atoms with Crippen LogP contribution in [0.3, 0.4) is 0 Å². The Morgan fingerprint density at radius 1 is 1.55 bits per heavy atom. The van der Waals surface area contributed by atoms with Crippen molar-refractivity contribution < 1.29 is 9.59 Å². The van der Waals surface area contributed by atoms with Crippen LogP contribution >= 0.6 is 0 Å². The van der Waals surface area contributed by atoms with E-state index in [1.807, 2.05) is 6.92 Å². The fourth-order valence-corrected chi connectivity index (χ4v) is 0.506. The second kappa shape index (κ2) is 4.11. The van der Waals surface area contributed by atoms with Gasteiger partial charge in [0, 0.05) is 6.54 Å². The molecule has 1 amide bonds. The van der Waals surface area contributed by atoms with Crippen molar-refractivity contribution in [1.82, 2.24) is 5.32 Å². The Morgan fingerprint density at radius 3 is 2.45 bits per heavy atom. The lowest BCUT2D eigenvalue weighted by Gasteiger charge is -2.14. The van der Waals surface area contributed by atoms with Gasteiger partial charge in [-0.15, -0.1) is 0 Å². The van der Waals surface area contributed by atoms with Gasteiger partial charge in [-0.1, -0.05) is 6.92 Å². The van der Waals surface area contributed by atoms with Crippen molar-refractivity contribution in [2.45, 2.75) is 27.2 Å². The molecular weight excluding hydrogens is 142 g/mol. The fourth-order valence-electron chi connectivity index (χ4n) is 0.506. The molecule has 3 nitrogen and oxygen atoms in total. The number of hydrogen-bond donors (Lipinski definition) is 1. The summed E-state index contributed by atoms with van der Waals surface area (Å²) in [6.45, 7) is 5.66. The Bertz CT molecular complexity index is 152. The summed E-state index contributed by atoms with van der Waals surface area (Å²) in [5.74, 6) is -0.255. The molecule has 0 atom stereocenters. The maximum Gasteiger partial charge on any atom is 0.233 e. The lowest BCUT2D eigenvalue weighted by molar-refractivity contribution is -0.126. The van der Waals surface area contributed by atoms with E-state index in [1.165, 1.54) is 0 Å². The third-order valence-electron chi connectivity index (χ3n) is 1.36. The van der Waals surface area contributed by atoms with E-state index in [4.69, 9.17) is 0 Å². The summed E-state index contributed by atoms with van der Waals surface area (Å²) in [6, 6.07) is 0. The molecule has 0 heterocycles. The minimum absolute atomic E-state index is 0.255. The molecule has 1 radical (unpaired) electrons. The minimum atomic E-state index is -1.00. The molecule has 1 N–H and O–H groups in total. The molecule has 0 bridgehead atoms. The van der Waals surface area contributed by atoms with Crippen molar-refractivity contribution >= 4 is 12.2 Å². The van der Waals surface area contributed by atoms with Gasteiger partial charge >= 0.3 is 0 Å². The van der Waals surface area contributed by atoms with Gasteiger partial charge in [-0.3, -0.25) is 9.59 Å². The Kier molecular flexibility index (Phi) is 3.79. The SMILES string of the molecule is CCCNC(=O)C(C)(C)[C]=O. The molecule has 0 unspecified atom stereocenters. The Balaban J connectivity index is 3.91. The second-order valence-corrected chi connectivity index (χ2v) is 2.98. The van der Waals surface area contributed by atoms with Gasteiger partial charge in [0.05, 0.1) is 0 Å². The smallest absolute Gasteiger partial charge is 0.233 e. The van der Waals surface area contributed by atoms with Crippen LogP contribution in [0, 0.1) is 5.41 Å². The zero-order valence-electron chi connectivity index (χ0n) is 7.23. The molecule has 3 heteroatoms. The molecule has 63 valence electrons. The number of hydrogen-bond acceptors (Lipinski definition) is 2. The highest BCUT2D eigenvalue weighted by Crippen LogP contribution is 2.09. The average Bonchev–Trinajstić information content (AvgIpc) is 2.00. The van der Waals surface area contributed by atoms with Crippen molar-refractivity contribution in [3.8, 4) is 0 Å². The molecule has 0 aliphatic rings. The molecule has 0 aliphatic carbocycles. The zero-order valence-corrected chi connectivity index (χ0v) is 7.23. The number of carbonyl (C=O) groups excluding carboxylic acids is 2. The minimum Gasteiger partial charge on any atom is -0.355 e. The Morgan fingerprint density at radius 2 is 2.09 bits per heavy atom. The lowest BCUT2D eigenvalue weighted by Crippen LogP contribution is -2.38. The first-order chi connectivity index (χ1) is 5.04. The van der Waals surface area contributed by atoms with Crippen LogP contribution in [0.25, 0.3) is 0 Å². The van der Waals surface area contributed by atoms with Gasteiger partial charge in [0.25, 0.3) is 0 Å². The highest BCUT2D eigenvalue weighted by atomic mass is 16.2. The van der Waals surface area contributed by atoms with Crippen molar-refractivity contribution in [3.63, 3.8) is 0 Å². The van der Waals surface area contributed by atoms with Crippen LogP contribution in [0.1, 0.15) is 27.2 Å². The highest BCUT2D eigenvalue weighted by Gasteiger charge is 2.27. The van der Waals surface area contributed by atoms with E-state index < -0.39 is 5.41 Å². The topological polar surface area (TPSA) is 46.2 Å². The van der Waals surface area contributed by atoms with E-state index in [0.29, 0.717) is 6.54 Å². The number of nitrogens with one attached hydrogen (secondary N) is 1. The third-order valence-corrected chi connectivity index (χ3v) is 1.36. The summed E-state index contributed by atoms with van der Waals surface area (Å²) in [4.78, 5) is 21.3. The van der Waals surface area contributed by atoms with Crippen LogP contribution < -0.4 is 5.32 Å². The van der Waals surface area contributed by atoms with E-state index in [2.05, 4.69) is 5.32 Å².